The van der Waals surface area contributed by atoms with Gasteiger partial charge in [-0.25, -0.2) is 9.97 Å². The first-order chi connectivity index (χ1) is 14.2. The molecule has 29 heavy (non-hydrogen) atoms. The smallest absolute Gasteiger partial charge is 0.223 e. The summed E-state index contributed by atoms with van der Waals surface area (Å²) in [5.74, 6) is 1.16. The fourth-order valence-electron chi connectivity index (χ4n) is 4.57. The highest BCUT2D eigenvalue weighted by molar-refractivity contribution is 7.17. The van der Waals surface area contributed by atoms with Gasteiger partial charge in [-0.3, -0.25) is 4.79 Å². The third kappa shape index (κ3) is 3.38. The number of hydrogen-bond donors (Lipinski definition) is 0. The number of amides is 1. The van der Waals surface area contributed by atoms with Gasteiger partial charge in [-0.05, 0) is 23.9 Å². The van der Waals surface area contributed by atoms with Gasteiger partial charge in [0.2, 0.25) is 5.91 Å². The first-order valence-corrected chi connectivity index (χ1v) is 10.9. The molecule has 1 amide bonds. The van der Waals surface area contributed by atoms with E-state index in [-0.39, 0.29) is 17.4 Å². The summed E-state index contributed by atoms with van der Waals surface area (Å²) >= 11 is 1.66. The molecule has 0 unspecified atom stereocenters. The number of thiophene rings is 1. The van der Waals surface area contributed by atoms with Crippen molar-refractivity contribution in [3.63, 3.8) is 0 Å². The average molecular weight is 409 g/mol. The molecule has 1 aromatic carbocycles. The standard InChI is InChI=1S/C22H24N4O2S/c1-16(17-5-3-2-4-6-17)26-13-22(11-19(26)27)12-25(8-9-28-14-22)21-20-18(7-10-29-20)23-15-24-21/h2-7,10,15-16H,8-9,11-14H2,1H3/t16-,22+/m0/s1. The van der Waals surface area contributed by atoms with E-state index >= 15 is 0 Å². The largest absolute Gasteiger partial charge is 0.379 e. The van der Waals surface area contributed by atoms with E-state index in [1.54, 1.807) is 17.7 Å². The zero-order valence-electron chi connectivity index (χ0n) is 16.5. The molecule has 0 radical (unpaired) electrons. The van der Waals surface area contributed by atoms with E-state index in [4.69, 9.17) is 4.74 Å². The Hall–Kier alpha value is -2.51. The predicted molar refractivity (Wildman–Crippen MR) is 114 cm³/mol. The van der Waals surface area contributed by atoms with Gasteiger partial charge in [-0.15, -0.1) is 11.3 Å². The van der Waals surface area contributed by atoms with Crippen molar-refractivity contribution in [3.05, 3.63) is 53.7 Å². The molecule has 6 nitrogen and oxygen atoms in total. The molecular formula is C22H24N4O2S. The van der Waals surface area contributed by atoms with Crippen LogP contribution in [0.4, 0.5) is 5.82 Å². The minimum atomic E-state index is -0.217. The monoisotopic (exact) mass is 408 g/mol. The molecule has 2 aromatic heterocycles. The summed E-state index contributed by atoms with van der Waals surface area (Å²) in [6.07, 6.45) is 2.14. The van der Waals surface area contributed by atoms with Crippen LogP contribution in [0.15, 0.2) is 48.1 Å². The summed E-state index contributed by atoms with van der Waals surface area (Å²) in [5.41, 5.74) is 1.92. The van der Waals surface area contributed by atoms with Crippen LogP contribution < -0.4 is 4.90 Å². The Morgan fingerprint density at radius 3 is 2.90 bits per heavy atom. The number of anilines is 1. The lowest BCUT2D eigenvalue weighted by Crippen LogP contribution is -2.41. The van der Waals surface area contributed by atoms with E-state index in [0.29, 0.717) is 26.2 Å². The average Bonchev–Trinajstić information content (AvgIpc) is 3.28. The number of carbonyl (C=O) groups is 1. The summed E-state index contributed by atoms with van der Waals surface area (Å²) in [6.45, 7) is 5.60. The number of rotatable bonds is 3. The number of nitrogens with zero attached hydrogens (tertiary/aromatic N) is 4. The number of hydrogen-bond acceptors (Lipinski definition) is 6. The number of carbonyl (C=O) groups excluding carboxylic acids is 1. The van der Waals surface area contributed by atoms with Crippen molar-refractivity contribution in [2.45, 2.75) is 19.4 Å². The van der Waals surface area contributed by atoms with Crippen LogP contribution in [0.1, 0.15) is 24.9 Å². The molecule has 2 atom stereocenters. The topological polar surface area (TPSA) is 58.6 Å². The van der Waals surface area contributed by atoms with E-state index in [9.17, 15) is 4.79 Å². The maximum atomic E-state index is 13.0. The molecule has 1 spiro atoms. The third-order valence-corrected chi connectivity index (χ3v) is 6.97. The number of ether oxygens (including phenoxy) is 1. The van der Waals surface area contributed by atoms with Crippen molar-refractivity contribution in [2.75, 3.05) is 37.7 Å². The maximum Gasteiger partial charge on any atom is 0.223 e. The van der Waals surface area contributed by atoms with Crippen LogP contribution in [0.3, 0.4) is 0 Å². The molecule has 2 aliphatic heterocycles. The Morgan fingerprint density at radius 2 is 2.03 bits per heavy atom. The summed E-state index contributed by atoms with van der Waals surface area (Å²) in [6, 6.07) is 12.3. The number of benzene rings is 1. The van der Waals surface area contributed by atoms with Crippen molar-refractivity contribution >= 4 is 33.3 Å². The second-order valence-electron chi connectivity index (χ2n) is 8.09. The fraction of sp³-hybridized carbons (Fsp3) is 0.409. The molecule has 4 heterocycles. The number of fused-ring (bicyclic) bond motifs is 1. The summed E-state index contributed by atoms with van der Waals surface area (Å²) in [7, 11) is 0. The number of likely N-dealkylation sites (tertiary alicyclic amines) is 1. The van der Waals surface area contributed by atoms with E-state index < -0.39 is 0 Å². The van der Waals surface area contributed by atoms with Crippen molar-refractivity contribution in [2.24, 2.45) is 5.41 Å². The van der Waals surface area contributed by atoms with Crippen LogP contribution in [0.2, 0.25) is 0 Å². The van der Waals surface area contributed by atoms with Crippen LogP contribution in [0.25, 0.3) is 10.2 Å². The van der Waals surface area contributed by atoms with Gasteiger partial charge < -0.3 is 14.5 Å². The lowest BCUT2D eigenvalue weighted by Gasteiger charge is -2.33. The van der Waals surface area contributed by atoms with Crippen molar-refractivity contribution in [1.82, 2.24) is 14.9 Å². The zero-order valence-corrected chi connectivity index (χ0v) is 17.3. The van der Waals surface area contributed by atoms with Crippen molar-refractivity contribution < 1.29 is 9.53 Å². The van der Waals surface area contributed by atoms with Gasteiger partial charge in [0.15, 0.2) is 0 Å². The third-order valence-electron chi connectivity index (χ3n) is 6.07. The molecule has 150 valence electrons. The quantitative estimate of drug-likeness (QED) is 0.664. The second-order valence-corrected chi connectivity index (χ2v) is 9.01. The first kappa shape index (κ1) is 18.5. The minimum Gasteiger partial charge on any atom is -0.379 e. The first-order valence-electron chi connectivity index (χ1n) is 10.0. The maximum absolute atomic E-state index is 13.0. The molecule has 2 saturated heterocycles. The Kier molecular flexibility index (Phi) is 4.72. The van der Waals surface area contributed by atoms with E-state index in [1.165, 1.54) is 5.56 Å². The minimum absolute atomic E-state index is 0.0582. The lowest BCUT2D eigenvalue weighted by molar-refractivity contribution is -0.129. The van der Waals surface area contributed by atoms with E-state index in [1.807, 2.05) is 29.2 Å². The Labute approximate surface area is 174 Å². The molecule has 5 rings (SSSR count). The Balaban J connectivity index is 1.43. The number of aromatic nitrogens is 2. The van der Waals surface area contributed by atoms with Crippen LogP contribution in [-0.2, 0) is 9.53 Å². The van der Waals surface area contributed by atoms with E-state index in [0.717, 1.165) is 29.1 Å². The summed E-state index contributed by atoms with van der Waals surface area (Å²) in [5, 5.41) is 2.05. The van der Waals surface area contributed by atoms with Crippen molar-refractivity contribution in [3.8, 4) is 0 Å². The highest BCUT2D eigenvalue weighted by Gasteiger charge is 2.47. The van der Waals surface area contributed by atoms with Gasteiger partial charge in [-0.2, -0.15) is 0 Å². The van der Waals surface area contributed by atoms with Crippen LogP contribution in [0.5, 0.6) is 0 Å². The summed E-state index contributed by atoms with van der Waals surface area (Å²) < 4.78 is 7.10. The molecule has 0 bridgehead atoms. The molecule has 7 heteroatoms. The molecule has 3 aromatic rings. The highest BCUT2D eigenvalue weighted by atomic mass is 32.1. The van der Waals surface area contributed by atoms with Crippen molar-refractivity contribution in [1.29, 1.82) is 0 Å². The molecule has 0 saturated carbocycles. The van der Waals surface area contributed by atoms with Gasteiger partial charge in [0.25, 0.3) is 0 Å². The molecular weight excluding hydrogens is 384 g/mol. The predicted octanol–water partition coefficient (Wildman–Crippen LogP) is 3.51. The Morgan fingerprint density at radius 1 is 1.17 bits per heavy atom. The zero-order chi connectivity index (χ0) is 19.8. The van der Waals surface area contributed by atoms with Gasteiger partial charge in [-0.1, -0.05) is 30.3 Å². The van der Waals surface area contributed by atoms with Gasteiger partial charge in [0, 0.05) is 31.5 Å². The van der Waals surface area contributed by atoms with Gasteiger partial charge >= 0.3 is 0 Å². The summed E-state index contributed by atoms with van der Waals surface area (Å²) in [4.78, 5) is 26.3. The fourth-order valence-corrected chi connectivity index (χ4v) is 5.43. The Bertz CT molecular complexity index is 1020. The second kappa shape index (κ2) is 7.39. The van der Waals surface area contributed by atoms with Crippen LogP contribution in [-0.4, -0.2) is 53.6 Å². The SMILES string of the molecule is C[C@@H](c1ccccc1)N1C[C@@]2(COCCN(c3ncnc4ccsc34)C2)CC1=O. The molecule has 0 aliphatic carbocycles. The molecule has 2 fully saturated rings. The molecule has 2 aliphatic rings. The van der Waals surface area contributed by atoms with Gasteiger partial charge in [0.05, 0.1) is 29.5 Å². The van der Waals surface area contributed by atoms with E-state index in [2.05, 4.69) is 39.3 Å². The highest BCUT2D eigenvalue weighted by Crippen LogP contribution is 2.40. The normalized spacial score (nSPS) is 23.7. The molecule has 0 N–H and O–H groups in total. The van der Waals surface area contributed by atoms with Crippen LogP contribution >= 0.6 is 11.3 Å². The van der Waals surface area contributed by atoms with Crippen LogP contribution in [0, 0.1) is 5.41 Å². The van der Waals surface area contributed by atoms with Gasteiger partial charge in [0.1, 0.15) is 12.1 Å². The lowest BCUT2D eigenvalue weighted by atomic mass is 9.87.